The van der Waals surface area contributed by atoms with Gasteiger partial charge in [0.15, 0.2) is 0 Å². The van der Waals surface area contributed by atoms with Gasteiger partial charge in [-0.3, -0.25) is 0 Å². The Morgan fingerprint density at radius 3 is 2.44 bits per heavy atom. The van der Waals surface area contributed by atoms with Crippen LogP contribution in [0, 0.1) is 0 Å². The molecule has 1 aromatic rings. The summed E-state index contributed by atoms with van der Waals surface area (Å²) in [6.45, 7) is 4.89. The third kappa shape index (κ3) is 3.05. The van der Waals surface area contributed by atoms with Crippen molar-refractivity contribution in [3.63, 3.8) is 0 Å². The van der Waals surface area contributed by atoms with Crippen molar-refractivity contribution in [1.82, 2.24) is 20.2 Å². The highest BCUT2D eigenvalue weighted by Crippen LogP contribution is 2.27. The molecule has 102 valence electrons. The lowest BCUT2D eigenvalue weighted by atomic mass is 9.93. The summed E-state index contributed by atoms with van der Waals surface area (Å²) in [5, 5.41) is 3.44. The summed E-state index contributed by atoms with van der Waals surface area (Å²) in [6.07, 6.45) is 8.98. The van der Waals surface area contributed by atoms with Crippen LogP contribution < -0.4 is 5.32 Å². The van der Waals surface area contributed by atoms with E-state index in [2.05, 4.69) is 20.2 Å². The van der Waals surface area contributed by atoms with Crippen molar-refractivity contribution in [3.8, 4) is 0 Å². The maximum atomic E-state index is 4.39. The molecule has 0 amide bonds. The fourth-order valence-corrected chi connectivity index (χ4v) is 3.21. The highest BCUT2D eigenvalue weighted by molar-refractivity contribution is 5.85. The molecule has 2 aliphatic rings. The van der Waals surface area contributed by atoms with Gasteiger partial charge in [0.05, 0.1) is 0 Å². The maximum absolute atomic E-state index is 4.39. The van der Waals surface area contributed by atoms with Gasteiger partial charge in [-0.2, -0.15) is 0 Å². The molecule has 2 N–H and O–H groups in total. The van der Waals surface area contributed by atoms with E-state index in [1.54, 1.807) is 0 Å². The molecule has 3 heterocycles. The minimum Gasteiger partial charge on any atom is -0.348 e. The average Bonchev–Trinajstić information content (AvgIpc) is 2.94. The van der Waals surface area contributed by atoms with Crippen LogP contribution in [0.1, 0.15) is 37.4 Å². The number of piperidine rings is 2. The van der Waals surface area contributed by atoms with Crippen LogP contribution in [-0.4, -0.2) is 47.1 Å². The molecule has 0 atom stereocenters. The SMILES string of the molecule is Cl.c1c[nH]c(C2CCN(C3CCNCC3)CC2)n1. The van der Waals surface area contributed by atoms with Gasteiger partial charge in [-0.1, -0.05) is 0 Å². The lowest BCUT2D eigenvalue weighted by Gasteiger charge is -2.39. The lowest BCUT2D eigenvalue weighted by Crippen LogP contribution is -2.46. The fraction of sp³-hybridized carbons (Fsp3) is 0.769. The second-order valence-electron chi connectivity index (χ2n) is 5.27. The number of nitrogens with zero attached hydrogens (tertiary/aromatic N) is 2. The van der Waals surface area contributed by atoms with E-state index in [1.165, 1.54) is 57.7 Å². The van der Waals surface area contributed by atoms with E-state index in [4.69, 9.17) is 0 Å². The van der Waals surface area contributed by atoms with E-state index in [1.807, 2.05) is 12.4 Å². The zero-order valence-corrected chi connectivity index (χ0v) is 11.6. The van der Waals surface area contributed by atoms with Crippen molar-refractivity contribution in [2.24, 2.45) is 0 Å². The van der Waals surface area contributed by atoms with Gasteiger partial charge >= 0.3 is 0 Å². The molecule has 2 saturated heterocycles. The van der Waals surface area contributed by atoms with Crippen LogP contribution in [0.3, 0.4) is 0 Å². The number of halogens is 1. The summed E-state index contributed by atoms with van der Waals surface area (Å²) in [7, 11) is 0. The van der Waals surface area contributed by atoms with Crippen molar-refractivity contribution < 1.29 is 0 Å². The second-order valence-corrected chi connectivity index (χ2v) is 5.27. The largest absolute Gasteiger partial charge is 0.348 e. The summed E-state index contributed by atoms with van der Waals surface area (Å²) in [5.74, 6) is 1.85. The molecule has 0 spiro atoms. The fourth-order valence-electron chi connectivity index (χ4n) is 3.21. The Labute approximate surface area is 115 Å². The zero-order chi connectivity index (χ0) is 11.5. The number of hydrogen-bond donors (Lipinski definition) is 2. The number of aromatic nitrogens is 2. The molecule has 3 rings (SSSR count). The third-order valence-corrected chi connectivity index (χ3v) is 4.26. The van der Waals surface area contributed by atoms with Gasteiger partial charge < -0.3 is 15.2 Å². The first kappa shape index (κ1) is 13.8. The zero-order valence-electron chi connectivity index (χ0n) is 10.8. The molecule has 0 saturated carbocycles. The summed E-state index contributed by atoms with van der Waals surface area (Å²) >= 11 is 0. The van der Waals surface area contributed by atoms with Crippen LogP contribution in [0.25, 0.3) is 0 Å². The van der Waals surface area contributed by atoms with Gasteiger partial charge in [0.25, 0.3) is 0 Å². The number of likely N-dealkylation sites (tertiary alicyclic amines) is 1. The molecule has 0 aromatic carbocycles. The Morgan fingerprint density at radius 1 is 1.11 bits per heavy atom. The van der Waals surface area contributed by atoms with Crippen molar-refractivity contribution >= 4 is 12.4 Å². The summed E-state index contributed by atoms with van der Waals surface area (Å²) in [5.41, 5.74) is 0. The van der Waals surface area contributed by atoms with Gasteiger partial charge in [0.2, 0.25) is 0 Å². The second kappa shape index (κ2) is 6.55. The topological polar surface area (TPSA) is 44.0 Å². The molecule has 5 heteroatoms. The lowest BCUT2D eigenvalue weighted by molar-refractivity contribution is 0.125. The van der Waals surface area contributed by atoms with E-state index in [-0.39, 0.29) is 12.4 Å². The third-order valence-electron chi connectivity index (χ3n) is 4.26. The van der Waals surface area contributed by atoms with Crippen LogP contribution in [0.5, 0.6) is 0 Å². The quantitative estimate of drug-likeness (QED) is 0.861. The molecule has 1 aromatic heterocycles. The van der Waals surface area contributed by atoms with Gasteiger partial charge in [0, 0.05) is 24.4 Å². The predicted octanol–water partition coefficient (Wildman–Crippen LogP) is 1.76. The van der Waals surface area contributed by atoms with Crippen LogP contribution in [0.2, 0.25) is 0 Å². The maximum Gasteiger partial charge on any atom is 0.109 e. The van der Waals surface area contributed by atoms with Crippen molar-refractivity contribution in [1.29, 1.82) is 0 Å². The molecule has 18 heavy (non-hydrogen) atoms. The molecule has 0 unspecified atom stereocenters. The first-order valence-corrected chi connectivity index (χ1v) is 6.87. The monoisotopic (exact) mass is 270 g/mol. The van der Waals surface area contributed by atoms with Gasteiger partial charge in [0.1, 0.15) is 5.82 Å². The number of nitrogens with one attached hydrogen (secondary N) is 2. The first-order valence-electron chi connectivity index (χ1n) is 6.87. The smallest absolute Gasteiger partial charge is 0.109 e. The molecule has 0 aliphatic carbocycles. The standard InChI is InChI=1S/C13H22N4.ClH/c1-5-14-6-2-12(1)17-9-3-11(4-10-17)13-15-7-8-16-13;/h7-8,11-12,14H,1-6,9-10H2,(H,15,16);1H. The minimum atomic E-state index is 0. The normalized spacial score (nSPS) is 23.8. The Hall–Kier alpha value is -0.580. The van der Waals surface area contributed by atoms with Crippen LogP contribution in [0.4, 0.5) is 0 Å². The molecule has 2 fully saturated rings. The van der Waals surface area contributed by atoms with Crippen molar-refractivity contribution in [2.75, 3.05) is 26.2 Å². The highest BCUT2D eigenvalue weighted by Gasteiger charge is 2.27. The van der Waals surface area contributed by atoms with E-state index in [0.717, 1.165) is 6.04 Å². The summed E-state index contributed by atoms with van der Waals surface area (Å²) < 4.78 is 0. The number of hydrogen-bond acceptors (Lipinski definition) is 3. The van der Waals surface area contributed by atoms with Gasteiger partial charge in [-0.25, -0.2) is 4.98 Å². The Balaban J connectivity index is 0.00000120. The number of H-pyrrole nitrogens is 1. The van der Waals surface area contributed by atoms with Crippen LogP contribution in [-0.2, 0) is 0 Å². The molecular weight excluding hydrogens is 248 g/mol. The van der Waals surface area contributed by atoms with E-state index in [9.17, 15) is 0 Å². The van der Waals surface area contributed by atoms with E-state index in [0.29, 0.717) is 5.92 Å². The molecule has 2 aliphatic heterocycles. The molecule has 4 nitrogen and oxygen atoms in total. The molecule has 0 radical (unpaired) electrons. The first-order chi connectivity index (χ1) is 8.43. The minimum absolute atomic E-state index is 0. The summed E-state index contributed by atoms with van der Waals surface area (Å²) in [6, 6.07) is 0.828. The van der Waals surface area contributed by atoms with Gasteiger partial charge in [-0.05, 0) is 51.9 Å². The average molecular weight is 271 g/mol. The van der Waals surface area contributed by atoms with Crippen LogP contribution >= 0.6 is 12.4 Å². The van der Waals surface area contributed by atoms with E-state index < -0.39 is 0 Å². The number of rotatable bonds is 2. The Bertz CT molecular complexity index is 327. The predicted molar refractivity (Wildman–Crippen MR) is 75.3 cm³/mol. The van der Waals surface area contributed by atoms with Gasteiger partial charge in [-0.15, -0.1) is 12.4 Å². The molecular formula is C13H23ClN4. The highest BCUT2D eigenvalue weighted by atomic mass is 35.5. The van der Waals surface area contributed by atoms with Crippen molar-refractivity contribution in [2.45, 2.75) is 37.6 Å². The number of imidazole rings is 1. The Morgan fingerprint density at radius 2 is 1.83 bits per heavy atom. The van der Waals surface area contributed by atoms with Crippen molar-refractivity contribution in [3.05, 3.63) is 18.2 Å². The van der Waals surface area contributed by atoms with Crippen LogP contribution in [0.15, 0.2) is 12.4 Å². The van der Waals surface area contributed by atoms with E-state index >= 15 is 0 Å². The Kier molecular flexibility index (Phi) is 5.03. The summed E-state index contributed by atoms with van der Waals surface area (Å²) in [4.78, 5) is 10.3. The molecule has 0 bridgehead atoms. The number of aromatic amines is 1.